The molecule has 60 heavy (non-hydrogen) atoms. The number of aliphatic hydroxyl groups is 2. The highest BCUT2D eigenvalue weighted by Crippen LogP contribution is 2.45. The van der Waals surface area contributed by atoms with Crippen LogP contribution in [0.15, 0.2) is 109 Å². The first-order valence-corrected chi connectivity index (χ1v) is 19.9. The van der Waals surface area contributed by atoms with Crippen LogP contribution in [0.3, 0.4) is 0 Å². The molecule has 0 spiro atoms. The molecular formula is C47H48F6N2O5. The lowest BCUT2D eigenvalue weighted by atomic mass is 9.78. The lowest BCUT2D eigenvalue weighted by Gasteiger charge is -2.41. The Morgan fingerprint density at radius 3 is 1.13 bits per heavy atom. The maximum Gasteiger partial charge on any atom is 0.416 e. The molecule has 3 N–H and O–H groups in total. The van der Waals surface area contributed by atoms with Crippen LogP contribution in [0.4, 0.5) is 26.3 Å². The lowest BCUT2D eigenvalue weighted by molar-refractivity contribution is -0.138. The number of aromatic hydroxyl groups is 1. The predicted molar refractivity (Wildman–Crippen MR) is 215 cm³/mol. The molecule has 5 aromatic carbocycles. The van der Waals surface area contributed by atoms with Crippen molar-refractivity contribution in [1.29, 1.82) is 0 Å². The van der Waals surface area contributed by atoms with E-state index in [9.17, 15) is 41.7 Å². The smallest absolute Gasteiger partial charge is 0.416 e. The van der Waals surface area contributed by atoms with Crippen molar-refractivity contribution in [2.24, 2.45) is 0 Å². The molecule has 0 radical (unpaired) electrons. The number of hydrogen-bond donors (Lipinski definition) is 3. The van der Waals surface area contributed by atoms with Crippen molar-refractivity contribution in [3.8, 4) is 17.2 Å². The van der Waals surface area contributed by atoms with Crippen LogP contribution in [-0.4, -0.2) is 64.5 Å². The molecule has 0 amide bonds. The summed E-state index contributed by atoms with van der Waals surface area (Å²) in [6.07, 6.45) is -6.86. The third-order valence-electron chi connectivity index (χ3n) is 12.2. The van der Waals surface area contributed by atoms with Gasteiger partial charge in [-0.25, -0.2) is 0 Å². The molecule has 7 rings (SSSR count). The summed E-state index contributed by atoms with van der Waals surface area (Å²) in [5.74, 6) is 1.32. The number of methoxy groups -OCH3 is 2. The van der Waals surface area contributed by atoms with Crippen molar-refractivity contribution < 1.29 is 51.1 Å². The summed E-state index contributed by atoms with van der Waals surface area (Å²) in [6.45, 7) is 3.43. The molecule has 2 aliphatic heterocycles. The number of nitrogens with zero attached hydrogens (tertiary/aromatic N) is 2. The van der Waals surface area contributed by atoms with Crippen molar-refractivity contribution >= 4 is 0 Å². The van der Waals surface area contributed by atoms with Crippen molar-refractivity contribution in [2.75, 3.05) is 27.3 Å². The van der Waals surface area contributed by atoms with Crippen LogP contribution in [0.25, 0.3) is 0 Å². The van der Waals surface area contributed by atoms with Crippen molar-refractivity contribution in [1.82, 2.24) is 9.80 Å². The molecule has 0 aromatic heterocycles. The van der Waals surface area contributed by atoms with E-state index in [1.165, 1.54) is 24.3 Å². The molecule has 0 unspecified atom stereocenters. The highest BCUT2D eigenvalue weighted by atomic mass is 19.4. The molecule has 2 aliphatic rings. The molecule has 2 atom stereocenters. The fraction of sp³-hybridized carbons (Fsp3) is 0.362. The minimum atomic E-state index is -4.63. The zero-order valence-corrected chi connectivity index (χ0v) is 33.5. The molecule has 0 saturated carbocycles. The molecule has 2 fully saturated rings. The fourth-order valence-electron chi connectivity index (χ4n) is 9.21. The minimum Gasteiger partial charge on any atom is -0.507 e. The Morgan fingerprint density at radius 1 is 0.533 bits per heavy atom. The first-order valence-electron chi connectivity index (χ1n) is 19.9. The van der Waals surface area contributed by atoms with Gasteiger partial charge in [-0.2, -0.15) is 26.3 Å². The molecule has 0 aliphatic carbocycles. The highest BCUT2D eigenvalue weighted by molar-refractivity contribution is 5.47. The van der Waals surface area contributed by atoms with Gasteiger partial charge < -0.3 is 24.8 Å². The second-order valence-corrected chi connectivity index (χ2v) is 15.8. The number of phenols is 1. The highest BCUT2D eigenvalue weighted by Gasteiger charge is 2.48. The molecule has 7 nitrogen and oxygen atoms in total. The van der Waals surface area contributed by atoms with Crippen LogP contribution in [-0.2, 0) is 36.6 Å². The Bertz CT molecular complexity index is 2140. The van der Waals surface area contributed by atoms with Gasteiger partial charge in [0.15, 0.2) is 0 Å². The van der Waals surface area contributed by atoms with Crippen LogP contribution >= 0.6 is 0 Å². The van der Waals surface area contributed by atoms with E-state index in [1.807, 2.05) is 72.5 Å². The first kappa shape index (κ1) is 43.0. The van der Waals surface area contributed by atoms with Gasteiger partial charge in [-0.1, -0.05) is 66.2 Å². The van der Waals surface area contributed by atoms with Crippen LogP contribution in [0.5, 0.6) is 17.2 Å². The molecular weight excluding hydrogens is 787 g/mol. The van der Waals surface area contributed by atoms with Crippen LogP contribution in [0, 0.1) is 6.92 Å². The van der Waals surface area contributed by atoms with Crippen LogP contribution in [0.1, 0.15) is 75.8 Å². The van der Waals surface area contributed by atoms with Gasteiger partial charge in [0, 0.05) is 36.3 Å². The summed E-state index contributed by atoms with van der Waals surface area (Å²) in [5.41, 5.74) is -1.74. The third-order valence-corrected chi connectivity index (χ3v) is 12.2. The molecule has 0 bridgehead atoms. The molecule has 2 heterocycles. The summed E-state index contributed by atoms with van der Waals surface area (Å²) >= 11 is 0. The Hall–Kier alpha value is -5.08. The van der Waals surface area contributed by atoms with E-state index in [-0.39, 0.29) is 23.4 Å². The largest absolute Gasteiger partial charge is 0.507 e. The van der Waals surface area contributed by atoms with Gasteiger partial charge in [0.2, 0.25) is 0 Å². The number of benzene rings is 5. The van der Waals surface area contributed by atoms with Gasteiger partial charge in [-0.15, -0.1) is 0 Å². The van der Waals surface area contributed by atoms with E-state index in [0.29, 0.717) is 72.6 Å². The van der Waals surface area contributed by atoms with Gasteiger partial charge in [-0.3, -0.25) is 9.80 Å². The van der Waals surface area contributed by atoms with E-state index >= 15 is 0 Å². The number of rotatable bonds is 12. The van der Waals surface area contributed by atoms with E-state index < -0.39 is 46.8 Å². The van der Waals surface area contributed by atoms with E-state index in [2.05, 4.69) is 4.90 Å². The van der Waals surface area contributed by atoms with Gasteiger partial charge in [0.05, 0.1) is 25.3 Å². The zero-order valence-electron chi connectivity index (χ0n) is 33.5. The number of ether oxygens (including phenoxy) is 2. The monoisotopic (exact) mass is 834 g/mol. The Morgan fingerprint density at radius 2 is 0.833 bits per heavy atom. The summed E-state index contributed by atoms with van der Waals surface area (Å²) in [4.78, 5) is 4.09. The number of phenolic OH excluding ortho intramolecular Hbond substituents is 1. The van der Waals surface area contributed by atoms with Crippen molar-refractivity contribution in [3.63, 3.8) is 0 Å². The zero-order chi connectivity index (χ0) is 43.0. The maximum absolute atomic E-state index is 13.6. The number of hydrogen-bond acceptors (Lipinski definition) is 7. The van der Waals surface area contributed by atoms with E-state index in [1.54, 1.807) is 14.2 Å². The van der Waals surface area contributed by atoms with Gasteiger partial charge in [0.1, 0.15) is 28.5 Å². The van der Waals surface area contributed by atoms with E-state index in [0.717, 1.165) is 36.2 Å². The SMILES string of the molecule is COc1ccc(C(O)(c2ccc(OC)cc2)[C@@H]2CCCN2Cc2cc(C)cc(CN3CCC[C@H]3C(O)(c3ccc(C(F)(F)F)cc3)c3ccc(C(F)(F)F)cc3)c2O)cc1. The standard InChI is InChI=1S/C47H48F6N2O5/c1-30-26-31(28-54-24-4-6-41(54)44(57,33-8-12-37(13-9-33)46(48,49)50)34-10-14-38(15-11-34)47(51,52)53)43(56)32(27-30)29-55-25-5-7-42(55)45(58,35-16-20-39(59-2)21-17-35)36-18-22-40(60-3)23-19-36/h8-23,26-27,41-42,56-58H,4-7,24-25,28-29H2,1-3H3/t41-,42-/m0/s1. The lowest BCUT2D eigenvalue weighted by Crippen LogP contribution is -2.48. The van der Waals surface area contributed by atoms with E-state index in [4.69, 9.17) is 9.47 Å². The third kappa shape index (κ3) is 8.32. The predicted octanol–water partition coefficient (Wildman–Crippen LogP) is 9.56. The van der Waals surface area contributed by atoms with Gasteiger partial charge in [0.25, 0.3) is 0 Å². The van der Waals surface area contributed by atoms with Crippen LogP contribution in [0.2, 0.25) is 0 Å². The van der Waals surface area contributed by atoms with Crippen molar-refractivity contribution in [3.05, 3.63) is 159 Å². The summed E-state index contributed by atoms with van der Waals surface area (Å²) < 4.78 is 92.4. The number of alkyl halides is 6. The number of likely N-dealkylation sites (tertiary alicyclic amines) is 2. The Balaban J connectivity index is 1.21. The molecule has 318 valence electrons. The quantitative estimate of drug-likeness (QED) is 0.108. The van der Waals surface area contributed by atoms with Crippen LogP contribution < -0.4 is 9.47 Å². The minimum absolute atomic E-state index is 0.0296. The summed E-state index contributed by atoms with van der Waals surface area (Å²) in [6, 6.07) is 25.3. The average molecular weight is 835 g/mol. The maximum atomic E-state index is 13.6. The number of halogens is 6. The fourth-order valence-corrected chi connectivity index (χ4v) is 9.21. The Labute approximate surface area is 345 Å². The average Bonchev–Trinajstić information content (AvgIpc) is 3.92. The van der Waals surface area contributed by atoms with Gasteiger partial charge >= 0.3 is 12.4 Å². The molecule has 2 saturated heterocycles. The number of aryl methyl sites for hydroxylation is 1. The Kier molecular flexibility index (Phi) is 12.0. The summed E-state index contributed by atoms with van der Waals surface area (Å²) in [7, 11) is 3.16. The molecule has 5 aromatic rings. The summed E-state index contributed by atoms with van der Waals surface area (Å²) in [5, 5.41) is 37.6. The second-order valence-electron chi connectivity index (χ2n) is 15.8. The van der Waals surface area contributed by atoms with Crippen molar-refractivity contribution in [2.45, 2.75) is 81.3 Å². The molecule has 13 heteroatoms. The van der Waals surface area contributed by atoms with Gasteiger partial charge in [-0.05, 0) is 116 Å². The normalized spacial score (nSPS) is 18.2. The second kappa shape index (κ2) is 16.8. The first-order chi connectivity index (χ1) is 28.5. The topological polar surface area (TPSA) is 85.6 Å².